The Balaban J connectivity index is 3.19. The molecule has 0 saturated carbocycles. The highest BCUT2D eigenvalue weighted by Crippen LogP contribution is 2.20. The Hall–Kier alpha value is -1.01. The van der Waals surface area contributed by atoms with E-state index in [1.54, 1.807) is 6.92 Å². The molecule has 0 radical (unpaired) electrons. The van der Waals surface area contributed by atoms with Gasteiger partial charge < -0.3 is 5.73 Å². The molecule has 13 heavy (non-hydrogen) atoms. The summed E-state index contributed by atoms with van der Waals surface area (Å²) >= 11 is 3.08. The Kier molecular flexibility index (Phi) is 2.94. The summed E-state index contributed by atoms with van der Waals surface area (Å²) in [5.74, 6) is 0. The van der Waals surface area contributed by atoms with Gasteiger partial charge in [-0.05, 0) is 22.9 Å². The number of rotatable bonds is 2. The van der Waals surface area contributed by atoms with Crippen LogP contribution in [0.15, 0.2) is 16.7 Å². The molecular weight excluding hydrogens is 238 g/mol. The lowest BCUT2D eigenvalue weighted by Gasteiger charge is -2.04. The molecule has 0 fully saturated rings. The fourth-order valence-electron chi connectivity index (χ4n) is 0.842. The van der Waals surface area contributed by atoms with Crippen molar-refractivity contribution >= 4 is 21.6 Å². The molecule has 5 nitrogen and oxygen atoms in total. The second-order valence-corrected chi connectivity index (χ2v) is 3.43. The van der Waals surface area contributed by atoms with E-state index in [-0.39, 0.29) is 11.7 Å². The van der Waals surface area contributed by atoms with E-state index >= 15 is 0 Å². The fourth-order valence-corrected chi connectivity index (χ4v) is 1.28. The Labute approximate surface area is 83.2 Å². The molecule has 0 aromatic carbocycles. The summed E-state index contributed by atoms with van der Waals surface area (Å²) in [4.78, 5) is 14.0. The van der Waals surface area contributed by atoms with Gasteiger partial charge in [0.15, 0.2) is 0 Å². The predicted molar refractivity (Wildman–Crippen MR) is 51.2 cm³/mol. The van der Waals surface area contributed by atoms with Crippen LogP contribution in [-0.4, -0.2) is 9.91 Å². The lowest BCUT2D eigenvalue weighted by atomic mass is 10.2. The first-order valence-electron chi connectivity index (χ1n) is 3.58. The van der Waals surface area contributed by atoms with Crippen molar-refractivity contribution in [2.45, 2.75) is 13.0 Å². The molecule has 1 aromatic rings. The first-order chi connectivity index (χ1) is 6.00. The monoisotopic (exact) mass is 245 g/mol. The maximum absolute atomic E-state index is 10.4. The molecule has 1 heterocycles. The van der Waals surface area contributed by atoms with Crippen molar-refractivity contribution in [1.29, 1.82) is 0 Å². The van der Waals surface area contributed by atoms with Gasteiger partial charge in [0, 0.05) is 18.2 Å². The number of pyridine rings is 1. The normalized spacial score (nSPS) is 12.5. The SMILES string of the molecule is CC(N)c1cc([N+](=O)[O-])cc(Br)n1. The highest BCUT2D eigenvalue weighted by Gasteiger charge is 2.11. The average Bonchev–Trinajstić information content (AvgIpc) is 2.03. The Bertz CT molecular complexity index is 341. The number of halogens is 1. The topological polar surface area (TPSA) is 82.0 Å². The van der Waals surface area contributed by atoms with Crippen molar-refractivity contribution in [1.82, 2.24) is 4.98 Å². The van der Waals surface area contributed by atoms with E-state index in [4.69, 9.17) is 5.73 Å². The largest absolute Gasteiger partial charge is 0.323 e. The van der Waals surface area contributed by atoms with Crippen LogP contribution in [0, 0.1) is 10.1 Å². The smallest absolute Gasteiger partial charge is 0.274 e. The number of aromatic nitrogens is 1. The van der Waals surface area contributed by atoms with E-state index in [9.17, 15) is 10.1 Å². The van der Waals surface area contributed by atoms with E-state index in [1.807, 2.05) is 0 Å². The quantitative estimate of drug-likeness (QED) is 0.489. The lowest BCUT2D eigenvalue weighted by molar-refractivity contribution is -0.385. The minimum absolute atomic E-state index is 0.00539. The van der Waals surface area contributed by atoms with Gasteiger partial charge in [-0.3, -0.25) is 10.1 Å². The number of nitro groups is 1. The first-order valence-corrected chi connectivity index (χ1v) is 4.37. The second-order valence-electron chi connectivity index (χ2n) is 2.62. The van der Waals surface area contributed by atoms with Gasteiger partial charge in [-0.1, -0.05) is 0 Å². The fraction of sp³-hybridized carbons (Fsp3) is 0.286. The Morgan fingerprint density at radius 1 is 1.69 bits per heavy atom. The summed E-state index contributed by atoms with van der Waals surface area (Å²) < 4.78 is 0.425. The van der Waals surface area contributed by atoms with E-state index in [0.717, 1.165) is 0 Å². The molecule has 0 spiro atoms. The third-order valence-electron chi connectivity index (χ3n) is 1.48. The van der Waals surface area contributed by atoms with Crippen LogP contribution >= 0.6 is 15.9 Å². The second kappa shape index (κ2) is 3.80. The molecule has 0 saturated heterocycles. The van der Waals surface area contributed by atoms with Gasteiger partial charge in [-0.2, -0.15) is 0 Å². The molecule has 1 rings (SSSR count). The van der Waals surface area contributed by atoms with Gasteiger partial charge in [0.05, 0.1) is 10.6 Å². The van der Waals surface area contributed by atoms with Crippen LogP contribution in [0.25, 0.3) is 0 Å². The van der Waals surface area contributed by atoms with Crippen molar-refractivity contribution in [2.24, 2.45) is 5.73 Å². The van der Waals surface area contributed by atoms with Crippen LogP contribution in [0.3, 0.4) is 0 Å². The summed E-state index contributed by atoms with van der Waals surface area (Å²) in [6.07, 6.45) is 0. The third-order valence-corrected chi connectivity index (χ3v) is 1.88. The third kappa shape index (κ3) is 2.46. The first kappa shape index (κ1) is 10.1. The Morgan fingerprint density at radius 2 is 2.31 bits per heavy atom. The molecule has 1 aromatic heterocycles. The molecule has 0 aliphatic heterocycles. The van der Waals surface area contributed by atoms with Gasteiger partial charge in [0.1, 0.15) is 4.60 Å². The van der Waals surface area contributed by atoms with Crippen LogP contribution in [0.5, 0.6) is 0 Å². The van der Waals surface area contributed by atoms with Crippen molar-refractivity contribution in [3.05, 3.63) is 32.5 Å². The van der Waals surface area contributed by atoms with Gasteiger partial charge in [0.2, 0.25) is 0 Å². The highest BCUT2D eigenvalue weighted by atomic mass is 79.9. The van der Waals surface area contributed by atoms with E-state index in [1.165, 1.54) is 12.1 Å². The number of nitrogens with two attached hydrogens (primary N) is 1. The molecular formula is C7H8BrN3O2. The number of hydrogen-bond acceptors (Lipinski definition) is 4. The molecule has 0 aliphatic carbocycles. The predicted octanol–water partition coefficient (Wildman–Crippen LogP) is 1.77. The van der Waals surface area contributed by atoms with Crippen LogP contribution < -0.4 is 5.73 Å². The zero-order valence-electron chi connectivity index (χ0n) is 6.90. The molecule has 1 unspecified atom stereocenters. The maximum Gasteiger partial charge on any atom is 0.274 e. The molecule has 70 valence electrons. The number of hydrogen-bond donors (Lipinski definition) is 1. The summed E-state index contributed by atoms with van der Waals surface area (Å²) in [6, 6.07) is 2.40. The zero-order chi connectivity index (χ0) is 10.0. The molecule has 0 amide bonds. The molecule has 2 N–H and O–H groups in total. The molecule has 0 bridgehead atoms. The summed E-state index contributed by atoms with van der Waals surface area (Å²) in [6.45, 7) is 1.72. The highest BCUT2D eigenvalue weighted by molar-refractivity contribution is 9.10. The standard InChI is InChI=1S/C7H8BrN3O2/c1-4(9)6-2-5(11(12)13)3-7(8)10-6/h2-4H,9H2,1H3. The van der Waals surface area contributed by atoms with Crippen molar-refractivity contribution in [3.8, 4) is 0 Å². The van der Waals surface area contributed by atoms with Crippen LogP contribution in [0.1, 0.15) is 18.7 Å². The molecule has 1 atom stereocenters. The van der Waals surface area contributed by atoms with Crippen LogP contribution in [-0.2, 0) is 0 Å². The summed E-state index contributed by atoms with van der Waals surface area (Å²) in [5, 5.41) is 10.4. The Morgan fingerprint density at radius 3 is 2.77 bits per heavy atom. The lowest BCUT2D eigenvalue weighted by Crippen LogP contribution is -2.08. The average molecular weight is 246 g/mol. The maximum atomic E-state index is 10.4. The summed E-state index contributed by atoms with van der Waals surface area (Å²) in [7, 11) is 0. The van der Waals surface area contributed by atoms with E-state index in [0.29, 0.717) is 10.3 Å². The minimum Gasteiger partial charge on any atom is -0.323 e. The zero-order valence-corrected chi connectivity index (χ0v) is 8.48. The van der Waals surface area contributed by atoms with Gasteiger partial charge in [-0.15, -0.1) is 0 Å². The number of nitrogens with zero attached hydrogens (tertiary/aromatic N) is 2. The molecule has 6 heteroatoms. The van der Waals surface area contributed by atoms with Gasteiger partial charge in [-0.25, -0.2) is 4.98 Å². The van der Waals surface area contributed by atoms with Crippen LogP contribution in [0.4, 0.5) is 5.69 Å². The van der Waals surface area contributed by atoms with E-state index in [2.05, 4.69) is 20.9 Å². The van der Waals surface area contributed by atoms with Crippen molar-refractivity contribution in [3.63, 3.8) is 0 Å². The summed E-state index contributed by atoms with van der Waals surface area (Å²) in [5.41, 5.74) is 6.04. The van der Waals surface area contributed by atoms with Gasteiger partial charge >= 0.3 is 0 Å². The van der Waals surface area contributed by atoms with E-state index < -0.39 is 4.92 Å². The van der Waals surface area contributed by atoms with Crippen LogP contribution in [0.2, 0.25) is 0 Å². The van der Waals surface area contributed by atoms with Gasteiger partial charge in [0.25, 0.3) is 5.69 Å². The van der Waals surface area contributed by atoms with Crippen molar-refractivity contribution in [2.75, 3.05) is 0 Å². The minimum atomic E-state index is -0.474. The van der Waals surface area contributed by atoms with Crippen molar-refractivity contribution < 1.29 is 4.92 Å². The molecule has 0 aliphatic rings.